The molecule has 4 rings (SSSR count). The monoisotopic (exact) mass is 318 g/mol. The number of halogens is 2. The van der Waals surface area contributed by atoms with E-state index < -0.39 is 4.46 Å². The summed E-state index contributed by atoms with van der Waals surface area (Å²) in [5, 5.41) is 3.56. The number of nitrogens with zero attached hydrogens (tertiary/aromatic N) is 1. The Balaban J connectivity index is 1.93. The average molecular weight is 319 g/mol. The number of anilines is 2. The smallest absolute Gasteiger partial charge is 0.219 e. The number of hydrogen-bond donors (Lipinski definition) is 1. The summed E-state index contributed by atoms with van der Waals surface area (Å²) >= 11 is 13.5. The van der Waals surface area contributed by atoms with E-state index in [4.69, 9.17) is 23.2 Å². The van der Waals surface area contributed by atoms with Crippen LogP contribution in [0.25, 0.3) is 0 Å². The Morgan fingerprint density at radius 3 is 2.48 bits per heavy atom. The molecule has 1 fully saturated rings. The SMILES string of the molecule is C[C@H]1C[C@@]2(c3ccccc3)N(c3ccccc3N1)C2(Cl)Cl. The predicted octanol–water partition coefficient (Wildman–Crippen LogP) is 4.74. The lowest BCUT2D eigenvalue weighted by Gasteiger charge is -2.20. The molecule has 0 radical (unpaired) electrons. The van der Waals surface area contributed by atoms with E-state index in [1.165, 1.54) is 5.56 Å². The van der Waals surface area contributed by atoms with Crippen LogP contribution in [-0.2, 0) is 5.54 Å². The van der Waals surface area contributed by atoms with Gasteiger partial charge in [-0.05, 0) is 31.0 Å². The van der Waals surface area contributed by atoms with Gasteiger partial charge in [0.05, 0.1) is 11.4 Å². The van der Waals surface area contributed by atoms with E-state index in [-0.39, 0.29) is 11.6 Å². The van der Waals surface area contributed by atoms with Crippen LogP contribution in [0.15, 0.2) is 54.6 Å². The zero-order valence-corrected chi connectivity index (χ0v) is 13.2. The zero-order valence-electron chi connectivity index (χ0n) is 11.7. The van der Waals surface area contributed by atoms with Crippen molar-refractivity contribution in [1.29, 1.82) is 0 Å². The number of fused-ring (bicyclic) bond motifs is 3. The largest absolute Gasteiger partial charge is 0.381 e. The Morgan fingerprint density at radius 2 is 1.71 bits per heavy atom. The summed E-state index contributed by atoms with van der Waals surface area (Å²) in [5.41, 5.74) is 2.96. The Kier molecular flexibility index (Phi) is 2.73. The first-order valence-corrected chi connectivity index (χ1v) is 7.92. The molecule has 21 heavy (non-hydrogen) atoms. The van der Waals surface area contributed by atoms with Gasteiger partial charge in [-0.25, -0.2) is 0 Å². The maximum Gasteiger partial charge on any atom is 0.219 e. The highest BCUT2D eigenvalue weighted by Crippen LogP contribution is 2.69. The Bertz CT molecular complexity index is 686. The van der Waals surface area contributed by atoms with Gasteiger partial charge in [0.1, 0.15) is 5.54 Å². The molecule has 0 aliphatic carbocycles. The van der Waals surface area contributed by atoms with Crippen LogP contribution >= 0.6 is 23.2 Å². The highest BCUT2D eigenvalue weighted by Gasteiger charge is 2.76. The van der Waals surface area contributed by atoms with Gasteiger partial charge in [0.15, 0.2) is 0 Å². The van der Waals surface area contributed by atoms with Crippen molar-refractivity contribution in [2.75, 3.05) is 10.2 Å². The second-order valence-corrected chi connectivity index (χ2v) is 7.16. The number of benzene rings is 2. The second-order valence-electron chi connectivity index (χ2n) is 5.87. The van der Waals surface area contributed by atoms with E-state index in [0.717, 1.165) is 17.8 Å². The molecule has 4 heteroatoms. The fourth-order valence-electron chi connectivity index (χ4n) is 3.60. The molecule has 2 aliphatic rings. The van der Waals surface area contributed by atoms with Crippen molar-refractivity contribution < 1.29 is 0 Å². The van der Waals surface area contributed by atoms with Crippen molar-refractivity contribution >= 4 is 34.6 Å². The van der Waals surface area contributed by atoms with Crippen LogP contribution in [-0.4, -0.2) is 10.5 Å². The molecule has 2 aliphatic heterocycles. The first-order chi connectivity index (χ1) is 10.1. The molecular formula is C17H16Cl2N2. The lowest BCUT2D eigenvalue weighted by molar-refractivity contribution is 0.564. The van der Waals surface area contributed by atoms with Crippen LogP contribution in [0.3, 0.4) is 0 Å². The van der Waals surface area contributed by atoms with Crippen molar-refractivity contribution in [1.82, 2.24) is 0 Å². The molecule has 108 valence electrons. The third kappa shape index (κ3) is 1.66. The van der Waals surface area contributed by atoms with E-state index in [9.17, 15) is 0 Å². The minimum Gasteiger partial charge on any atom is -0.381 e. The van der Waals surface area contributed by atoms with Crippen LogP contribution < -0.4 is 10.2 Å². The van der Waals surface area contributed by atoms with Crippen molar-refractivity contribution in [2.45, 2.75) is 29.4 Å². The Morgan fingerprint density at radius 1 is 1.05 bits per heavy atom. The molecule has 1 saturated heterocycles. The average Bonchev–Trinajstić information content (AvgIpc) is 3.01. The fourth-order valence-corrected chi connectivity index (χ4v) is 4.53. The van der Waals surface area contributed by atoms with Crippen molar-refractivity contribution in [2.24, 2.45) is 0 Å². The van der Waals surface area contributed by atoms with Gasteiger partial charge in [0, 0.05) is 6.04 Å². The Hall–Kier alpha value is -1.38. The molecular weight excluding hydrogens is 303 g/mol. The molecule has 0 bridgehead atoms. The first-order valence-electron chi connectivity index (χ1n) is 7.16. The van der Waals surface area contributed by atoms with E-state index in [1.807, 2.05) is 30.3 Å². The normalized spacial score (nSPS) is 28.9. The topological polar surface area (TPSA) is 15.0 Å². The maximum atomic E-state index is 6.73. The van der Waals surface area contributed by atoms with Gasteiger partial charge in [0.25, 0.3) is 0 Å². The Labute approximate surface area is 134 Å². The summed E-state index contributed by atoms with van der Waals surface area (Å²) in [7, 11) is 0. The number of nitrogens with one attached hydrogen (secondary N) is 1. The van der Waals surface area contributed by atoms with Crippen LogP contribution in [0.2, 0.25) is 0 Å². The molecule has 2 heterocycles. The highest BCUT2D eigenvalue weighted by molar-refractivity contribution is 6.54. The molecule has 0 amide bonds. The van der Waals surface area contributed by atoms with E-state index in [0.29, 0.717) is 0 Å². The molecule has 2 aromatic carbocycles. The highest BCUT2D eigenvalue weighted by atomic mass is 35.5. The van der Waals surface area contributed by atoms with Crippen molar-refractivity contribution in [3.05, 3.63) is 60.2 Å². The zero-order chi connectivity index (χ0) is 14.7. The molecule has 1 N–H and O–H groups in total. The quantitative estimate of drug-likeness (QED) is 0.464. The van der Waals surface area contributed by atoms with Gasteiger partial charge >= 0.3 is 0 Å². The van der Waals surface area contributed by atoms with E-state index >= 15 is 0 Å². The molecule has 0 unspecified atom stereocenters. The van der Waals surface area contributed by atoms with Crippen LogP contribution in [0.1, 0.15) is 18.9 Å². The van der Waals surface area contributed by atoms with Gasteiger partial charge in [0.2, 0.25) is 4.46 Å². The van der Waals surface area contributed by atoms with Gasteiger partial charge in [-0.15, -0.1) is 0 Å². The van der Waals surface area contributed by atoms with Gasteiger partial charge in [-0.3, -0.25) is 0 Å². The summed E-state index contributed by atoms with van der Waals surface area (Å²) in [5.74, 6) is 0. The minimum absolute atomic E-state index is 0.288. The van der Waals surface area contributed by atoms with Gasteiger partial charge < -0.3 is 10.2 Å². The summed E-state index contributed by atoms with van der Waals surface area (Å²) in [4.78, 5) is 2.13. The molecule has 0 saturated carbocycles. The lowest BCUT2D eigenvalue weighted by atomic mass is 9.92. The molecule has 2 nitrogen and oxygen atoms in total. The van der Waals surface area contributed by atoms with Crippen molar-refractivity contribution in [3.8, 4) is 0 Å². The molecule has 0 spiro atoms. The van der Waals surface area contributed by atoms with Crippen LogP contribution in [0.5, 0.6) is 0 Å². The third-order valence-corrected chi connectivity index (χ3v) is 5.47. The van der Waals surface area contributed by atoms with Gasteiger partial charge in [-0.1, -0.05) is 65.7 Å². The van der Waals surface area contributed by atoms with Crippen LogP contribution in [0, 0.1) is 0 Å². The summed E-state index contributed by atoms with van der Waals surface area (Å²) in [6.45, 7) is 2.17. The second kappa shape index (κ2) is 4.31. The van der Waals surface area contributed by atoms with Gasteiger partial charge in [-0.2, -0.15) is 0 Å². The van der Waals surface area contributed by atoms with Crippen LogP contribution in [0.4, 0.5) is 11.4 Å². The molecule has 0 aromatic heterocycles. The summed E-state index contributed by atoms with van der Waals surface area (Å²) in [6, 6.07) is 18.8. The van der Waals surface area contributed by atoms with E-state index in [1.54, 1.807) is 0 Å². The first kappa shape index (κ1) is 13.3. The lowest BCUT2D eigenvalue weighted by Crippen LogP contribution is -2.26. The van der Waals surface area contributed by atoms with E-state index in [2.05, 4.69) is 41.4 Å². The molecule has 2 atom stereocenters. The minimum atomic E-state index is -0.902. The summed E-state index contributed by atoms with van der Waals surface area (Å²) in [6.07, 6.45) is 0.860. The maximum absolute atomic E-state index is 6.73. The predicted molar refractivity (Wildman–Crippen MR) is 89.2 cm³/mol. The number of rotatable bonds is 1. The number of hydrogen-bond acceptors (Lipinski definition) is 2. The fraction of sp³-hybridized carbons (Fsp3) is 0.294. The molecule has 2 aromatic rings. The third-order valence-electron chi connectivity index (χ3n) is 4.51. The standard InChI is InChI=1S/C17H16Cl2N2/c1-12-11-16(13-7-3-2-4-8-13)17(18,19)21(16)15-10-6-5-9-14(15)20-12/h2-10,12,20H,11H2,1H3/t12-,16-,21?/m0/s1. The summed E-state index contributed by atoms with van der Waals surface area (Å²) < 4.78 is -0.902. The number of alkyl halides is 2. The van der Waals surface area contributed by atoms with Crippen molar-refractivity contribution in [3.63, 3.8) is 0 Å². The number of para-hydroxylation sites is 2.